The lowest BCUT2D eigenvalue weighted by Gasteiger charge is -2.19. The van der Waals surface area contributed by atoms with Crippen LogP contribution in [0.1, 0.15) is 5.56 Å². The average Bonchev–Trinajstić information content (AvgIpc) is 2.74. The Hall–Kier alpha value is -2.20. The van der Waals surface area contributed by atoms with Gasteiger partial charge in [-0.1, -0.05) is 54.6 Å². The van der Waals surface area contributed by atoms with Crippen molar-refractivity contribution >= 4 is 11.8 Å². The molecule has 0 spiro atoms. The first-order valence-corrected chi connectivity index (χ1v) is 7.16. The van der Waals surface area contributed by atoms with E-state index in [0.717, 1.165) is 5.56 Å². The van der Waals surface area contributed by atoms with Gasteiger partial charge >= 0.3 is 0 Å². The molecule has 2 unspecified atom stereocenters. The molecule has 0 aromatic heterocycles. The SMILES string of the molecule is N[C@@H](Cc1ccccc1)CN1C(=O)C2C=CC=CC2C1=O. The van der Waals surface area contributed by atoms with Gasteiger partial charge in [-0.25, -0.2) is 0 Å². The van der Waals surface area contributed by atoms with E-state index in [1.807, 2.05) is 42.5 Å². The van der Waals surface area contributed by atoms with Crippen molar-refractivity contribution in [3.05, 3.63) is 60.2 Å². The number of amides is 2. The van der Waals surface area contributed by atoms with Crippen molar-refractivity contribution in [3.63, 3.8) is 0 Å². The van der Waals surface area contributed by atoms with Crippen LogP contribution in [0.15, 0.2) is 54.6 Å². The number of benzene rings is 1. The third-order valence-electron chi connectivity index (χ3n) is 4.00. The van der Waals surface area contributed by atoms with Crippen LogP contribution >= 0.6 is 0 Å². The van der Waals surface area contributed by atoms with Crippen molar-refractivity contribution in [1.29, 1.82) is 0 Å². The molecule has 2 aliphatic rings. The Balaban J connectivity index is 1.67. The molecule has 2 amide bonds. The molecule has 3 rings (SSSR count). The van der Waals surface area contributed by atoms with Crippen LogP contribution in [-0.4, -0.2) is 29.3 Å². The Morgan fingerprint density at radius 1 is 1.00 bits per heavy atom. The fourth-order valence-corrected chi connectivity index (χ4v) is 2.94. The summed E-state index contributed by atoms with van der Waals surface area (Å²) >= 11 is 0. The average molecular weight is 282 g/mol. The molecule has 108 valence electrons. The van der Waals surface area contributed by atoms with E-state index in [0.29, 0.717) is 6.42 Å². The van der Waals surface area contributed by atoms with Gasteiger partial charge in [-0.2, -0.15) is 0 Å². The molecule has 1 aliphatic carbocycles. The summed E-state index contributed by atoms with van der Waals surface area (Å²) in [6.07, 6.45) is 7.89. The Bertz CT molecular complexity index is 576. The third kappa shape index (κ3) is 2.67. The van der Waals surface area contributed by atoms with Crippen molar-refractivity contribution in [2.75, 3.05) is 6.54 Å². The second-order valence-corrected chi connectivity index (χ2v) is 5.56. The summed E-state index contributed by atoms with van der Waals surface area (Å²) in [5.41, 5.74) is 7.23. The maximum atomic E-state index is 12.3. The summed E-state index contributed by atoms with van der Waals surface area (Å²) < 4.78 is 0. The Labute approximate surface area is 123 Å². The number of imide groups is 1. The van der Waals surface area contributed by atoms with Gasteiger partial charge in [0, 0.05) is 12.6 Å². The van der Waals surface area contributed by atoms with Gasteiger partial charge in [-0.3, -0.25) is 14.5 Å². The highest BCUT2D eigenvalue weighted by Crippen LogP contribution is 2.31. The molecule has 0 bridgehead atoms. The van der Waals surface area contributed by atoms with E-state index in [1.54, 1.807) is 12.2 Å². The number of rotatable bonds is 4. The first-order valence-electron chi connectivity index (χ1n) is 7.16. The predicted molar refractivity (Wildman–Crippen MR) is 80.1 cm³/mol. The van der Waals surface area contributed by atoms with Crippen LogP contribution in [0.25, 0.3) is 0 Å². The monoisotopic (exact) mass is 282 g/mol. The topological polar surface area (TPSA) is 63.4 Å². The molecule has 2 N–H and O–H groups in total. The summed E-state index contributed by atoms with van der Waals surface area (Å²) in [6, 6.07) is 9.62. The van der Waals surface area contributed by atoms with Crippen LogP contribution in [0.3, 0.4) is 0 Å². The number of hydrogen-bond donors (Lipinski definition) is 1. The van der Waals surface area contributed by atoms with Crippen molar-refractivity contribution in [2.45, 2.75) is 12.5 Å². The maximum Gasteiger partial charge on any atom is 0.237 e. The van der Waals surface area contributed by atoms with E-state index in [4.69, 9.17) is 5.73 Å². The standard InChI is InChI=1S/C17H18N2O2/c18-13(10-12-6-2-1-3-7-12)11-19-16(20)14-8-4-5-9-15(14)17(19)21/h1-9,13-15H,10-11,18H2/t13-,14?,15?/m0/s1. The molecule has 21 heavy (non-hydrogen) atoms. The van der Waals surface area contributed by atoms with Gasteiger partial charge in [0.15, 0.2) is 0 Å². The summed E-state index contributed by atoms with van der Waals surface area (Å²) in [6.45, 7) is 0.279. The molecule has 0 saturated carbocycles. The van der Waals surface area contributed by atoms with Crippen LogP contribution in [0.4, 0.5) is 0 Å². The van der Waals surface area contributed by atoms with Crippen molar-refractivity contribution in [1.82, 2.24) is 4.90 Å². The largest absolute Gasteiger partial charge is 0.326 e. The maximum absolute atomic E-state index is 12.3. The molecule has 1 heterocycles. The number of likely N-dealkylation sites (tertiary alicyclic amines) is 1. The predicted octanol–water partition coefficient (Wildman–Crippen LogP) is 1.28. The smallest absolute Gasteiger partial charge is 0.237 e. The van der Waals surface area contributed by atoms with Gasteiger partial charge in [0.2, 0.25) is 11.8 Å². The molecule has 4 heteroatoms. The summed E-state index contributed by atoms with van der Waals surface area (Å²) in [4.78, 5) is 25.9. The van der Waals surface area contributed by atoms with Gasteiger partial charge in [0.1, 0.15) is 0 Å². The minimum Gasteiger partial charge on any atom is -0.326 e. The highest BCUT2D eigenvalue weighted by Gasteiger charge is 2.45. The highest BCUT2D eigenvalue weighted by molar-refractivity contribution is 6.07. The fourth-order valence-electron chi connectivity index (χ4n) is 2.94. The van der Waals surface area contributed by atoms with E-state index >= 15 is 0 Å². The molecule has 1 aromatic rings. The molecule has 0 radical (unpaired) electrons. The highest BCUT2D eigenvalue weighted by atomic mass is 16.2. The Morgan fingerprint density at radius 3 is 2.14 bits per heavy atom. The third-order valence-corrected chi connectivity index (χ3v) is 4.00. The number of hydrogen-bond acceptors (Lipinski definition) is 3. The van der Waals surface area contributed by atoms with Gasteiger partial charge in [0.05, 0.1) is 11.8 Å². The zero-order chi connectivity index (χ0) is 14.8. The van der Waals surface area contributed by atoms with Gasteiger partial charge < -0.3 is 5.73 Å². The Kier molecular flexibility index (Phi) is 3.71. The van der Waals surface area contributed by atoms with Gasteiger partial charge in [-0.15, -0.1) is 0 Å². The summed E-state index contributed by atoms with van der Waals surface area (Å²) in [5.74, 6) is -0.943. The van der Waals surface area contributed by atoms with Crippen LogP contribution < -0.4 is 5.73 Å². The molecular weight excluding hydrogens is 264 g/mol. The lowest BCUT2D eigenvalue weighted by atomic mass is 9.91. The molecule has 3 atom stereocenters. The molecule has 1 fully saturated rings. The van der Waals surface area contributed by atoms with E-state index in [2.05, 4.69) is 0 Å². The molecule has 1 aromatic carbocycles. The van der Waals surface area contributed by atoms with E-state index in [-0.39, 0.29) is 36.2 Å². The summed E-state index contributed by atoms with van der Waals surface area (Å²) in [7, 11) is 0. The number of carbonyl (C=O) groups is 2. The van der Waals surface area contributed by atoms with Crippen LogP contribution in [-0.2, 0) is 16.0 Å². The number of carbonyl (C=O) groups excluding carboxylic acids is 2. The number of nitrogens with zero attached hydrogens (tertiary/aromatic N) is 1. The molecular formula is C17H18N2O2. The molecule has 1 saturated heterocycles. The molecule has 4 nitrogen and oxygen atoms in total. The van der Waals surface area contributed by atoms with Crippen LogP contribution in [0.5, 0.6) is 0 Å². The quantitative estimate of drug-likeness (QED) is 0.846. The lowest BCUT2D eigenvalue weighted by molar-refractivity contribution is -0.139. The zero-order valence-electron chi connectivity index (χ0n) is 11.7. The minimum absolute atomic E-state index is 0.130. The first kappa shape index (κ1) is 13.8. The van der Waals surface area contributed by atoms with Crippen molar-refractivity contribution < 1.29 is 9.59 Å². The second kappa shape index (κ2) is 5.66. The fraction of sp³-hybridized carbons (Fsp3) is 0.294. The Morgan fingerprint density at radius 2 is 1.57 bits per heavy atom. The van der Waals surface area contributed by atoms with Crippen LogP contribution in [0.2, 0.25) is 0 Å². The van der Waals surface area contributed by atoms with Crippen molar-refractivity contribution in [3.8, 4) is 0 Å². The van der Waals surface area contributed by atoms with E-state index < -0.39 is 0 Å². The normalized spacial score (nSPS) is 25.3. The van der Waals surface area contributed by atoms with E-state index in [1.165, 1.54) is 4.90 Å². The van der Waals surface area contributed by atoms with Crippen LogP contribution in [0, 0.1) is 11.8 Å². The van der Waals surface area contributed by atoms with Gasteiger partial charge in [0.25, 0.3) is 0 Å². The summed E-state index contributed by atoms with van der Waals surface area (Å²) in [5, 5.41) is 0. The first-order chi connectivity index (χ1) is 10.2. The van der Waals surface area contributed by atoms with Gasteiger partial charge in [-0.05, 0) is 12.0 Å². The minimum atomic E-state index is -0.341. The number of allylic oxidation sites excluding steroid dienone is 2. The lowest BCUT2D eigenvalue weighted by Crippen LogP contribution is -2.42. The van der Waals surface area contributed by atoms with Crippen molar-refractivity contribution in [2.24, 2.45) is 17.6 Å². The van der Waals surface area contributed by atoms with E-state index in [9.17, 15) is 9.59 Å². The number of nitrogens with two attached hydrogens (primary N) is 1. The molecule has 1 aliphatic heterocycles. The zero-order valence-corrected chi connectivity index (χ0v) is 11.7. The number of fused-ring (bicyclic) bond motifs is 1. The second-order valence-electron chi connectivity index (χ2n) is 5.56.